The van der Waals surface area contributed by atoms with Crippen LogP contribution in [-0.4, -0.2) is 23.6 Å². The van der Waals surface area contributed by atoms with E-state index in [9.17, 15) is 4.79 Å². The quantitative estimate of drug-likeness (QED) is 0.471. The second-order valence-electron chi connectivity index (χ2n) is 7.57. The van der Waals surface area contributed by atoms with Crippen molar-refractivity contribution in [3.05, 3.63) is 108 Å². The SMILES string of the molecule is C[C@H](OC(=O)C1C(c2ccccc2)C(N)[C@H]1c1ccccc1)c1ccccc1.O=CO. The zero-order chi connectivity index (χ0) is 22.2. The van der Waals surface area contributed by atoms with E-state index in [0.29, 0.717) is 0 Å². The van der Waals surface area contributed by atoms with Gasteiger partial charge in [0.05, 0.1) is 5.92 Å². The van der Waals surface area contributed by atoms with Crippen LogP contribution in [0.25, 0.3) is 0 Å². The van der Waals surface area contributed by atoms with E-state index in [4.69, 9.17) is 20.4 Å². The van der Waals surface area contributed by atoms with Crippen molar-refractivity contribution in [2.45, 2.75) is 30.9 Å². The molecule has 0 heterocycles. The molecule has 31 heavy (non-hydrogen) atoms. The largest absolute Gasteiger partial charge is 0.483 e. The van der Waals surface area contributed by atoms with Crippen molar-refractivity contribution < 1.29 is 19.4 Å². The molecule has 3 aromatic rings. The van der Waals surface area contributed by atoms with Gasteiger partial charge in [0.2, 0.25) is 0 Å². The van der Waals surface area contributed by atoms with Crippen molar-refractivity contribution in [3.63, 3.8) is 0 Å². The molecule has 1 aliphatic carbocycles. The molecule has 0 amide bonds. The summed E-state index contributed by atoms with van der Waals surface area (Å²) in [6.45, 7) is 1.67. The third-order valence-corrected chi connectivity index (χ3v) is 5.81. The van der Waals surface area contributed by atoms with Crippen LogP contribution in [0, 0.1) is 5.92 Å². The lowest BCUT2D eigenvalue weighted by molar-refractivity contribution is -0.160. The molecule has 4 rings (SSSR count). The molecule has 1 fully saturated rings. The van der Waals surface area contributed by atoms with Gasteiger partial charge in [-0.2, -0.15) is 0 Å². The Hall–Kier alpha value is -3.44. The van der Waals surface area contributed by atoms with E-state index in [0.717, 1.165) is 16.7 Å². The highest BCUT2D eigenvalue weighted by atomic mass is 16.5. The molecule has 5 nitrogen and oxygen atoms in total. The van der Waals surface area contributed by atoms with Crippen LogP contribution in [0.1, 0.15) is 41.6 Å². The summed E-state index contributed by atoms with van der Waals surface area (Å²) in [4.78, 5) is 21.6. The molecular weight excluding hydrogens is 390 g/mol. The fourth-order valence-corrected chi connectivity index (χ4v) is 4.33. The van der Waals surface area contributed by atoms with E-state index in [2.05, 4.69) is 0 Å². The number of carbonyl (C=O) groups is 2. The number of hydrogen-bond acceptors (Lipinski definition) is 4. The van der Waals surface area contributed by atoms with Crippen molar-refractivity contribution >= 4 is 12.4 Å². The first-order chi connectivity index (χ1) is 15.1. The predicted molar refractivity (Wildman–Crippen MR) is 119 cm³/mol. The van der Waals surface area contributed by atoms with Crippen LogP contribution in [0.4, 0.5) is 0 Å². The van der Waals surface area contributed by atoms with Crippen LogP contribution in [-0.2, 0) is 14.3 Å². The number of carbonyl (C=O) groups excluding carboxylic acids is 1. The highest BCUT2D eigenvalue weighted by Crippen LogP contribution is 2.52. The maximum Gasteiger partial charge on any atom is 0.310 e. The number of benzene rings is 3. The van der Waals surface area contributed by atoms with Gasteiger partial charge in [-0.05, 0) is 23.6 Å². The van der Waals surface area contributed by atoms with Crippen molar-refractivity contribution in [2.24, 2.45) is 11.7 Å². The molecule has 5 atom stereocenters. The van der Waals surface area contributed by atoms with E-state index in [1.165, 1.54) is 0 Å². The molecule has 3 aromatic carbocycles. The monoisotopic (exact) mass is 417 g/mol. The van der Waals surface area contributed by atoms with Crippen molar-refractivity contribution in [2.75, 3.05) is 0 Å². The minimum absolute atomic E-state index is 0.0399. The predicted octanol–water partition coefficient (Wildman–Crippen LogP) is 4.52. The molecule has 0 bridgehead atoms. The number of ether oxygens (including phenoxy) is 1. The van der Waals surface area contributed by atoms with Crippen molar-refractivity contribution in [1.29, 1.82) is 0 Å². The highest BCUT2D eigenvalue weighted by Gasteiger charge is 2.54. The number of esters is 1. The summed E-state index contributed by atoms with van der Waals surface area (Å²) in [5, 5.41) is 6.89. The molecule has 5 heteroatoms. The molecule has 3 N–H and O–H groups in total. The summed E-state index contributed by atoms with van der Waals surface area (Å²) in [5.74, 6) is -0.546. The zero-order valence-electron chi connectivity index (χ0n) is 17.4. The Morgan fingerprint density at radius 1 is 0.871 bits per heavy atom. The second kappa shape index (κ2) is 10.5. The molecular formula is C26H27NO4. The smallest absolute Gasteiger partial charge is 0.310 e. The molecule has 160 valence electrons. The number of nitrogens with two attached hydrogens (primary N) is 1. The van der Waals surface area contributed by atoms with Crippen LogP contribution in [0.3, 0.4) is 0 Å². The van der Waals surface area contributed by atoms with Crippen LogP contribution >= 0.6 is 0 Å². The topological polar surface area (TPSA) is 89.6 Å². The summed E-state index contributed by atoms with van der Waals surface area (Å²) < 4.78 is 5.90. The fourth-order valence-electron chi connectivity index (χ4n) is 4.33. The van der Waals surface area contributed by atoms with Crippen LogP contribution < -0.4 is 5.73 Å². The molecule has 1 saturated carbocycles. The average Bonchev–Trinajstić information content (AvgIpc) is 2.80. The summed E-state index contributed by atoms with van der Waals surface area (Å²) in [6.07, 6.45) is -0.293. The first-order valence-electron chi connectivity index (χ1n) is 10.3. The van der Waals surface area contributed by atoms with Gasteiger partial charge in [-0.15, -0.1) is 0 Å². The Bertz CT molecular complexity index is 915. The Balaban J connectivity index is 0.000000858. The maximum atomic E-state index is 13.2. The van der Waals surface area contributed by atoms with Gasteiger partial charge in [0.15, 0.2) is 0 Å². The minimum Gasteiger partial charge on any atom is -0.483 e. The molecule has 0 spiro atoms. The van der Waals surface area contributed by atoms with Gasteiger partial charge >= 0.3 is 5.97 Å². The second-order valence-corrected chi connectivity index (χ2v) is 7.57. The number of rotatable bonds is 5. The van der Waals surface area contributed by atoms with Gasteiger partial charge in [-0.25, -0.2) is 0 Å². The Morgan fingerprint density at radius 2 is 1.26 bits per heavy atom. The fraction of sp³-hybridized carbons (Fsp3) is 0.231. The summed E-state index contributed by atoms with van der Waals surface area (Å²) >= 11 is 0. The van der Waals surface area contributed by atoms with Gasteiger partial charge in [-0.1, -0.05) is 91.0 Å². The van der Waals surface area contributed by atoms with E-state index >= 15 is 0 Å². The lowest BCUT2D eigenvalue weighted by Crippen LogP contribution is -2.56. The third kappa shape index (κ3) is 5.01. The number of carboxylic acid groups (broad SMARTS) is 1. The molecule has 0 radical (unpaired) electrons. The number of hydrogen-bond donors (Lipinski definition) is 2. The van der Waals surface area contributed by atoms with Gasteiger partial charge in [0.1, 0.15) is 6.10 Å². The first-order valence-corrected chi connectivity index (χ1v) is 10.3. The minimum atomic E-state index is -0.293. The van der Waals surface area contributed by atoms with Gasteiger partial charge in [0, 0.05) is 17.9 Å². The summed E-state index contributed by atoms with van der Waals surface area (Å²) in [7, 11) is 0. The molecule has 0 saturated heterocycles. The Morgan fingerprint density at radius 3 is 1.68 bits per heavy atom. The van der Waals surface area contributed by atoms with E-state index in [1.807, 2.05) is 97.9 Å². The molecule has 0 aliphatic heterocycles. The van der Waals surface area contributed by atoms with Crippen LogP contribution in [0.2, 0.25) is 0 Å². The Kier molecular flexibility index (Phi) is 7.57. The zero-order valence-corrected chi connectivity index (χ0v) is 17.4. The van der Waals surface area contributed by atoms with Crippen molar-refractivity contribution in [3.8, 4) is 0 Å². The van der Waals surface area contributed by atoms with Crippen LogP contribution in [0.5, 0.6) is 0 Å². The standard InChI is InChI=1S/C25H25NO2.CH2O2/c1-17(18-11-5-2-6-12-18)28-25(27)23-21(19-13-7-3-8-14-19)24(26)22(23)20-15-9-4-10-16-20;2-1-3/h2-17,21-24H,26H2,1H3;1H,(H,2,3)/t17-,21-,22?,23?,24?;/m0./s1. The molecule has 1 aliphatic rings. The van der Waals surface area contributed by atoms with Crippen molar-refractivity contribution in [1.82, 2.24) is 0 Å². The highest BCUT2D eigenvalue weighted by molar-refractivity contribution is 5.78. The molecule has 0 aromatic heterocycles. The van der Waals surface area contributed by atoms with E-state index < -0.39 is 0 Å². The lowest BCUT2D eigenvalue weighted by Gasteiger charge is -2.49. The van der Waals surface area contributed by atoms with Gasteiger partial charge in [0.25, 0.3) is 6.47 Å². The first kappa shape index (κ1) is 22.2. The van der Waals surface area contributed by atoms with E-state index in [-0.39, 0.29) is 42.3 Å². The third-order valence-electron chi connectivity index (χ3n) is 5.81. The lowest BCUT2D eigenvalue weighted by atomic mass is 9.56. The van der Waals surface area contributed by atoms with Gasteiger partial charge < -0.3 is 15.6 Å². The average molecular weight is 418 g/mol. The Labute approximate surface area is 182 Å². The van der Waals surface area contributed by atoms with E-state index in [1.54, 1.807) is 0 Å². The summed E-state index contributed by atoms with van der Waals surface area (Å²) in [6, 6.07) is 29.8. The maximum absolute atomic E-state index is 13.2. The normalized spacial score (nSPS) is 22.8. The van der Waals surface area contributed by atoms with Gasteiger partial charge in [-0.3, -0.25) is 9.59 Å². The van der Waals surface area contributed by atoms with Crippen LogP contribution in [0.15, 0.2) is 91.0 Å². The molecule has 3 unspecified atom stereocenters. The summed E-state index contributed by atoms with van der Waals surface area (Å²) in [5.41, 5.74) is 9.77.